The predicted molar refractivity (Wildman–Crippen MR) is 36.8 cm³/mol. The second-order valence-corrected chi connectivity index (χ2v) is 2.18. The molecule has 0 spiro atoms. The molecule has 50 valence electrons. The average molecular weight is 133 g/mol. The van der Waals surface area contributed by atoms with Crippen LogP contribution in [-0.2, 0) is 0 Å². The van der Waals surface area contributed by atoms with Crippen LogP contribution in [0.15, 0.2) is 17.5 Å². The lowest BCUT2D eigenvalue weighted by Crippen LogP contribution is -2.31. The molecule has 2 rings (SSSR count). The van der Waals surface area contributed by atoms with Crippen molar-refractivity contribution in [1.82, 2.24) is 9.97 Å². The van der Waals surface area contributed by atoms with E-state index >= 15 is 0 Å². The van der Waals surface area contributed by atoms with Crippen molar-refractivity contribution in [3.63, 3.8) is 0 Å². The van der Waals surface area contributed by atoms with E-state index in [1.807, 2.05) is 0 Å². The maximum Gasteiger partial charge on any atom is 0.157 e. The highest BCUT2D eigenvalue weighted by Gasteiger charge is 1.91. The van der Waals surface area contributed by atoms with Gasteiger partial charge in [0.15, 0.2) is 5.49 Å². The number of nitrogens with zero attached hydrogens (tertiary/aromatic N) is 3. The molecule has 0 unspecified atom stereocenters. The topological polar surface area (TPSA) is 38.1 Å². The maximum atomic E-state index is 4.21. The molecule has 0 radical (unpaired) electrons. The average Bonchev–Trinajstić information content (AvgIpc) is 2.05. The van der Waals surface area contributed by atoms with Gasteiger partial charge in [-0.1, -0.05) is 6.08 Å². The van der Waals surface area contributed by atoms with Crippen LogP contribution in [0.1, 0.15) is 6.42 Å². The quantitative estimate of drug-likeness (QED) is 0.468. The second-order valence-electron chi connectivity index (χ2n) is 2.18. The van der Waals surface area contributed by atoms with Gasteiger partial charge < -0.3 is 0 Å². The van der Waals surface area contributed by atoms with E-state index in [0.717, 1.165) is 23.7 Å². The number of rotatable bonds is 0. The maximum absolute atomic E-state index is 4.21. The molecular weight excluding hydrogens is 126 g/mol. The van der Waals surface area contributed by atoms with Crippen molar-refractivity contribution >= 4 is 6.08 Å². The van der Waals surface area contributed by atoms with Gasteiger partial charge in [-0.3, -0.25) is 4.99 Å². The Kier molecular flexibility index (Phi) is 1.20. The summed E-state index contributed by atoms with van der Waals surface area (Å²) in [6.45, 7) is 0.865. The number of hydrogen-bond donors (Lipinski definition) is 0. The normalized spacial score (nSPS) is 14.8. The van der Waals surface area contributed by atoms with E-state index in [2.05, 4.69) is 21.0 Å². The fourth-order valence-electron chi connectivity index (χ4n) is 1.00. The van der Waals surface area contributed by atoms with Gasteiger partial charge >= 0.3 is 0 Å². The molecule has 3 heteroatoms. The molecule has 0 aromatic carbocycles. The first kappa shape index (κ1) is 5.53. The fourth-order valence-corrected chi connectivity index (χ4v) is 1.00. The summed E-state index contributed by atoms with van der Waals surface area (Å²) in [6.07, 6.45) is 6.45. The van der Waals surface area contributed by atoms with E-state index in [-0.39, 0.29) is 0 Å². The van der Waals surface area contributed by atoms with E-state index in [1.165, 1.54) is 6.33 Å². The molecule has 0 saturated heterocycles. The second kappa shape index (κ2) is 2.17. The zero-order valence-corrected chi connectivity index (χ0v) is 5.49. The van der Waals surface area contributed by atoms with Gasteiger partial charge in [0.2, 0.25) is 0 Å². The number of hydrogen-bond acceptors (Lipinski definition) is 3. The summed E-state index contributed by atoms with van der Waals surface area (Å²) >= 11 is 0. The Morgan fingerprint density at radius 2 is 2.40 bits per heavy atom. The minimum absolute atomic E-state index is 0.834. The van der Waals surface area contributed by atoms with Crippen LogP contribution in [-0.4, -0.2) is 16.5 Å². The molecule has 2 heterocycles. The summed E-state index contributed by atoms with van der Waals surface area (Å²) < 4.78 is 0. The van der Waals surface area contributed by atoms with Crippen LogP contribution < -0.4 is 10.7 Å². The van der Waals surface area contributed by atoms with Gasteiger partial charge in [-0.2, -0.15) is 0 Å². The van der Waals surface area contributed by atoms with Crippen molar-refractivity contribution in [1.29, 1.82) is 0 Å². The third-order valence-electron chi connectivity index (χ3n) is 1.47. The van der Waals surface area contributed by atoms with E-state index in [1.54, 1.807) is 6.20 Å². The van der Waals surface area contributed by atoms with Gasteiger partial charge in [0.1, 0.15) is 6.33 Å². The lowest BCUT2D eigenvalue weighted by molar-refractivity contribution is 0.900. The smallest absolute Gasteiger partial charge is 0.157 e. The summed E-state index contributed by atoms with van der Waals surface area (Å²) in [6, 6.07) is 0. The Balaban J connectivity index is 2.84. The molecule has 0 N–H and O–H groups in total. The van der Waals surface area contributed by atoms with Crippen molar-refractivity contribution in [2.24, 2.45) is 4.99 Å². The van der Waals surface area contributed by atoms with Crippen molar-refractivity contribution in [3.05, 3.63) is 23.2 Å². The zero-order valence-electron chi connectivity index (χ0n) is 5.49. The molecule has 10 heavy (non-hydrogen) atoms. The molecule has 1 aromatic heterocycles. The van der Waals surface area contributed by atoms with Crippen LogP contribution in [0.25, 0.3) is 6.08 Å². The van der Waals surface area contributed by atoms with Gasteiger partial charge in [0.25, 0.3) is 0 Å². The largest absolute Gasteiger partial charge is 0.266 e. The van der Waals surface area contributed by atoms with Crippen molar-refractivity contribution in [2.45, 2.75) is 6.42 Å². The minimum atomic E-state index is 0.834. The predicted octanol–water partition coefficient (Wildman–Crippen LogP) is -0.720. The van der Waals surface area contributed by atoms with Crippen LogP contribution in [0, 0.1) is 0 Å². The first-order valence-corrected chi connectivity index (χ1v) is 3.27. The Bertz CT molecular complexity index is 307. The molecule has 0 saturated carbocycles. The van der Waals surface area contributed by atoms with Gasteiger partial charge in [0, 0.05) is 18.0 Å². The van der Waals surface area contributed by atoms with E-state index in [9.17, 15) is 0 Å². The third kappa shape index (κ3) is 0.795. The Hall–Kier alpha value is -1.25. The molecule has 1 aliphatic rings. The summed E-state index contributed by atoms with van der Waals surface area (Å²) in [5, 5.41) is 1.06. The fraction of sp³-hybridized carbons (Fsp3) is 0.286. The molecule has 0 amide bonds. The highest BCUT2D eigenvalue weighted by atomic mass is 14.9. The Morgan fingerprint density at radius 1 is 1.40 bits per heavy atom. The number of fused-ring (bicyclic) bond motifs is 1. The monoisotopic (exact) mass is 133 g/mol. The third-order valence-corrected chi connectivity index (χ3v) is 1.47. The van der Waals surface area contributed by atoms with E-state index in [0.29, 0.717) is 0 Å². The molecule has 0 bridgehead atoms. The summed E-state index contributed by atoms with van der Waals surface area (Å²) in [5.74, 6) is 0. The highest BCUT2D eigenvalue weighted by molar-refractivity contribution is 5.21. The van der Waals surface area contributed by atoms with E-state index < -0.39 is 0 Å². The molecule has 1 aromatic rings. The molecule has 3 nitrogen and oxygen atoms in total. The molecule has 0 fully saturated rings. The van der Waals surface area contributed by atoms with Gasteiger partial charge in [0.05, 0.1) is 0 Å². The summed E-state index contributed by atoms with van der Waals surface area (Å²) in [4.78, 5) is 12.1. The first-order valence-electron chi connectivity index (χ1n) is 3.27. The molecule has 0 aliphatic carbocycles. The van der Waals surface area contributed by atoms with Crippen molar-refractivity contribution in [3.8, 4) is 0 Å². The van der Waals surface area contributed by atoms with Crippen LogP contribution in [0.3, 0.4) is 0 Å². The molecule has 0 atom stereocenters. The zero-order chi connectivity index (χ0) is 6.81. The lowest BCUT2D eigenvalue weighted by atomic mass is 10.3. The molecular formula is C7H7N3. The highest BCUT2D eigenvalue weighted by Crippen LogP contribution is 1.82. The minimum Gasteiger partial charge on any atom is -0.266 e. The summed E-state index contributed by atoms with van der Waals surface area (Å²) in [7, 11) is 0. The SMILES string of the molecule is C1=c2cncnc2=NCC1. The Morgan fingerprint density at radius 3 is 3.30 bits per heavy atom. The van der Waals surface area contributed by atoms with Crippen molar-refractivity contribution in [2.75, 3.05) is 6.54 Å². The van der Waals surface area contributed by atoms with Gasteiger partial charge in [-0.25, -0.2) is 9.97 Å². The van der Waals surface area contributed by atoms with Gasteiger partial charge in [-0.05, 0) is 6.42 Å². The van der Waals surface area contributed by atoms with E-state index in [4.69, 9.17) is 0 Å². The van der Waals surface area contributed by atoms with Crippen LogP contribution >= 0.6 is 0 Å². The summed E-state index contributed by atoms with van der Waals surface area (Å²) in [5.41, 5.74) is 0.834. The lowest BCUT2D eigenvalue weighted by Gasteiger charge is -1.95. The first-order chi connectivity index (χ1) is 4.97. The molecule has 1 aliphatic heterocycles. The van der Waals surface area contributed by atoms with Crippen molar-refractivity contribution < 1.29 is 0 Å². The Labute approximate surface area is 58.2 Å². The van der Waals surface area contributed by atoms with Crippen LogP contribution in [0.2, 0.25) is 0 Å². The standard InChI is InChI=1S/C7H7N3/c1-2-6-4-8-5-10-7(6)9-3-1/h2,4-5H,1,3H2. The number of aromatic nitrogens is 2. The van der Waals surface area contributed by atoms with Crippen LogP contribution in [0.5, 0.6) is 0 Å². The van der Waals surface area contributed by atoms with Gasteiger partial charge in [-0.15, -0.1) is 0 Å². The van der Waals surface area contributed by atoms with Crippen LogP contribution in [0.4, 0.5) is 0 Å².